The summed E-state index contributed by atoms with van der Waals surface area (Å²) in [7, 11) is -1.99. The lowest BCUT2D eigenvalue weighted by Crippen LogP contribution is -2.31. The van der Waals surface area contributed by atoms with Crippen LogP contribution in [0.15, 0.2) is 59.5 Å². The van der Waals surface area contributed by atoms with Crippen molar-refractivity contribution in [1.82, 2.24) is 4.31 Å². The van der Waals surface area contributed by atoms with E-state index in [9.17, 15) is 8.42 Å². The van der Waals surface area contributed by atoms with Crippen LogP contribution in [0.2, 0.25) is 0 Å². The standard InChI is InChI=1S/C17H21NO4S/c1-3-21-16-9-11-17(12-10-16)23(19,20)18(2)13-14-22-15-7-5-4-6-8-15/h4-12H,3,13-14H2,1-2H3. The summed E-state index contributed by atoms with van der Waals surface area (Å²) in [6, 6.07) is 15.7. The fraction of sp³-hybridized carbons (Fsp3) is 0.294. The molecule has 0 heterocycles. The normalized spacial score (nSPS) is 11.4. The van der Waals surface area contributed by atoms with Crippen molar-refractivity contribution in [2.24, 2.45) is 0 Å². The quantitative estimate of drug-likeness (QED) is 0.744. The summed E-state index contributed by atoms with van der Waals surface area (Å²) >= 11 is 0. The summed E-state index contributed by atoms with van der Waals surface area (Å²) in [6.45, 7) is 2.98. The Balaban J connectivity index is 1.95. The third-order valence-electron chi connectivity index (χ3n) is 3.26. The maximum atomic E-state index is 12.5. The lowest BCUT2D eigenvalue weighted by Gasteiger charge is -2.17. The van der Waals surface area contributed by atoms with E-state index < -0.39 is 10.0 Å². The average molecular weight is 335 g/mol. The Hall–Kier alpha value is -2.05. The number of hydrogen-bond acceptors (Lipinski definition) is 4. The van der Waals surface area contributed by atoms with Crippen LogP contribution in [0.1, 0.15) is 6.92 Å². The zero-order valence-corrected chi connectivity index (χ0v) is 14.1. The molecule has 0 N–H and O–H groups in total. The SMILES string of the molecule is CCOc1ccc(S(=O)(=O)N(C)CCOc2ccccc2)cc1. The molecule has 2 aromatic rings. The van der Waals surface area contributed by atoms with Crippen LogP contribution >= 0.6 is 0 Å². The molecule has 0 aromatic heterocycles. The van der Waals surface area contributed by atoms with Crippen molar-refractivity contribution in [3.63, 3.8) is 0 Å². The third-order valence-corrected chi connectivity index (χ3v) is 5.13. The minimum Gasteiger partial charge on any atom is -0.494 e. The maximum absolute atomic E-state index is 12.5. The first kappa shape index (κ1) is 17.3. The molecule has 0 amide bonds. The minimum atomic E-state index is -3.53. The highest BCUT2D eigenvalue weighted by molar-refractivity contribution is 7.89. The van der Waals surface area contributed by atoms with Gasteiger partial charge in [0.1, 0.15) is 18.1 Å². The highest BCUT2D eigenvalue weighted by Crippen LogP contribution is 2.19. The second kappa shape index (κ2) is 7.99. The Morgan fingerprint density at radius 2 is 1.52 bits per heavy atom. The Bertz CT molecular complexity index is 699. The fourth-order valence-electron chi connectivity index (χ4n) is 1.98. The van der Waals surface area contributed by atoms with Gasteiger partial charge in [0.15, 0.2) is 0 Å². The number of rotatable bonds is 8. The molecule has 0 bridgehead atoms. The van der Waals surface area contributed by atoms with Crippen LogP contribution in [0, 0.1) is 0 Å². The number of sulfonamides is 1. The van der Waals surface area contributed by atoms with Crippen molar-refractivity contribution in [1.29, 1.82) is 0 Å². The molecule has 0 aliphatic carbocycles. The van der Waals surface area contributed by atoms with E-state index in [1.165, 1.54) is 4.31 Å². The molecule has 2 aromatic carbocycles. The van der Waals surface area contributed by atoms with E-state index in [4.69, 9.17) is 9.47 Å². The first-order chi connectivity index (χ1) is 11.0. The van der Waals surface area contributed by atoms with E-state index in [0.29, 0.717) is 12.4 Å². The van der Waals surface area contributed by atoms with E-state index in [2.05, 4.69) is 0 Å². The van der Waals surface area contributed by atoms with Crippen molar-refractivity contribution in [3.05, 3.63) is 54.6 Å². The number of hydrogen-bond donors (Lipinski definition) is 0. The van der Waals surface area contributed by atoms with Crippen LogP contribution in [0.4, 0.5) is 0 Å². The summed E-state index contributed by atoms with van der Waals surface area (Å²) in [5, 5.41) is 0. The number of para-hydroxylation sites is 1. The van der Waals surface area contributed by atoms with Gasteiger partial charge in [0.25, 0.3) is 0 Å². The van der Waals surface area contributed by atoms with E-state index >= 15 is 0 Å². The molecule has 0 saturated heterocycles. The van der Waals surface area contributed by atoms with E-state index in [1.54, 1.807) is 31.3 Å². The van der Waals surface area contributed by atoms with Gasteiger partial charge < -0.3 is 9.47 Å². The smallest absolute Gasteiger partial charge is 0.242 e. The van der Waals surface area contributed by atoms with E-state index in [1.807, 2.05) is 37.3 Å². The topological polar surface area (TPSA) is 55.8 Å². The summed E-state index contributed by atoms with van der Waals surface area (Å²) < 4.78 is 37.1. The number of likely N-dealkylation sites (N-methyl/N-ethyl adjacent to an activating group) is 1. The number of benzene rings is 2. The van der Waals surface area contributed by atoms with Crippen LogP contribution < -0.4 is 9.47 Å². The summed E-state index contributed by atoms with van der Waals surface area (Å²) in [5.41, 5.74) is 0. The molecule has 5 nitrogen and oxygen atoms in total. The number of ether oxygens (including phenoxy) is 2. The van der Waals surface area contributed by atoms with Crippen molar-refractivity contribution in [2.75, 3.05) is 26.8 Å². The Kier molecular flexibility index (Phi) is 6.01. The zero-order chi connectivity index (χ0) is 16.7. The summed E-state index contributed by atoms with van der Waals surface area (Å²) in [4.78, 5) is 0.239. The van der Waals surface area contributed by atoms with Gasteiger partial charge in [0.2, 0.25) is 10.0 Å². The van der Waals surface area contributed by atoms with Crippen LogP contribution in [0.5, 0.6) is 11.5 Å². The highest BCUT2D eigenvalue weighted by Gasteiger charge is 2.20. The first-order valence-electron chi connectivity index (χ1n) is 7.41. The average Bonchev–Trinajstić information content (AvgIpc) is 2.56. The maximum Gasteiger partial charge on any atom is 0.242 e. The summed E-state index contributed by atoms with van der Waals surface area (Å²) in [5.74, 6) is 1.38. The van der Waals surface area contributed by atoms with Crippen molar-refractivity contribution >= 4 is 10.0 Å². The molecule has 124 valence electrons. The van der Waals surface area contributed by atoms with Gasteiger partial charge >= 0.3 is 0 Å². The minimum absolute atomic E-state index is 0.239. The largest absolute Gasteiger partial charge is 0.494 e. The lowest BCUT2D eigenvalue weighted by atomic mass is 10.3. The molecule has 0 saturated carbocycles. The Morgan fingerprint density at radius 1 is 0.913 bits per heavy atom. The zero-order valence-electron chi connectivity index (χ0n) is 13.3. The third kappa shape index (κ3) is 4.71. The van der Waals surface area contributed by atoms with Gasteiger partial charge in [0, 0.05) is 13.6 Å². The van der Waals surface area contributed by atoms with Crippen LogP contribution in [0.3, 0.4) is 0 Å². The number of nitrogens with zero attached hydrogens (tertiary/aromatic N) is 1. The van der Waals surface area contributed by atoms with Gasteiger partial charge in [-0.15, -0.1) is 0 Å². The predicted octanol–water partition coefficient (Wildman–Crippen LogP) is 2.78. The second-order valence-electron chi connectivity index (χ2n) is 4.89. The molecule has 0 atom stereocenters. The second-order valence-corrected chi connectivity index (χ2v) is 6.94. The molecule has 6 heteroatoms. The molecular formula is C17H21NO4S. The molecule has 0 aliphatic heterocycles. The Morgan fingerprint density at radius 3 is 2.13 bits per heavy atom. The van der Waals surface area contributed by atoms with Crippen molar-refractivity contribution in [3.8, 4) is 11.5 Å². The molecule has 0 unspecified atom stereocenters. The molecule has 0 aliphatic rings. The van der Waals surface area contributed by atoms with Crippen LogP contribution in [0.25, 0.3) is 0 Å². The highest BCUT2D eigenvalue weighted by atomic mass is 32.2. The van der Waals surface area contributed by atoms with Gasteiger partial charge in [0.05, 0.1) is 11.5 Å². The Labute approximate surface area is 137 Å². The van der Waals surface area contributed by atoms with Gasteiger partial charge in [-0.3, -0.25) is 0 Å². The molecule has 0 spiro atoms. The van der Waals surface area contributed by atoms with E-state index in [0.717, 1.165) is 5.75 Å². The van der Waals surface area contributed by atoms with Crippen LogP contribution in [-0.4, -0.2) is 39.5 Å². The van der Waals surface area contributed by atoms with Gasteiger partial charge in [-0.25, -0.2) is 8.42 Å². The molecular weight excluding hydrogens is 314 g/mol. The van der Waals surface area contributed by atoms with Crippen molar-refractivity contribution in [2.45, 2.75) is 11.8 Å². The van der Waals surface area contributed by atoms with Gasteiger partial charge in [-0.1, -0.05) is 18.2 Å². The fourth-order valence-corrected chi connectivity index (χ4v) is 3.14. The monoisotopic (exact) mass is 335 g/mol. The molecule has 23 heavy (non-hydrogen) atoms. The van der Waals surface area contributed by atoms with Crippen LogP contribution in [-0.2, 0) is 10.0 Å². The molecule has 2 rings (SSSR count). The van der Waals surface area contributed by atoms with Crippen molar-refractivity contribution < 1.29 is 17.9 Å². The van der Waals surface area contributed by atoms with E-state index in [-0.39, 0.29) is 18.0 Å². The summed E-state index contributed by atoms with van der Waals surface area (Å²) in [6.07, 6.45) is 0. The first-order valence-corrected chi connectivity index (χ1v) is 8.85. The van der Waals surface area contributed by atoms with Gasteiger partial charge in [-0.2, -0.15) is 4.31 Å². The van der Waals surface area contributed by atoms with Gasteiger partial charge in [-0.05, 0) is 43.3 Å². The predicted molar refractivity (Wildman–Crippen MR) is 89.4 cm³/mol. The lowest BCUT2D eigenvalue weighted by molar-refractivity contribution is 0.287. The molecule has 0 radical (unpaired) electrons. The molecule has 0 fully saturated rings.